The lowest BCUT2D eigenvalue weighted by Crippen LogP contribution is -2.26. The fourth-order valence-electron chi connectivity index (χ4n) is 3.06. The van der Waals surface area contributed by atoms with Crippen LogP contribution >= 0.6 is 11.3 Å². The summed E-state index contributed by atoms with van der Waals surface area (Å²) in [7, 11) is 1.39. The zero-order valence-electron chi connectivity index (χ0n) is 17.5. The predicted molar refractivity (Wildman–Crippen MR) is 119 cm³/mol. The van der Waals surface area contributed by atoms with Crippen LogP contribution < -0.4 is 14.8 Å². The van der Waals surface area contributed by atoms with Crippen LogP contribution in [-0.2, 0) is 6.42 Å². The number of amides is 1. The van der Waals surface area contributed by atoms with Gasteiger partial charge in [-0.05, 0) is 25.8 Å². The van der Waals surface area contributed by atoms with Gasteiger partial charge in [0.15, 0.2) is 11.5 Å². The molecule has 162 valence electrons. The summed E-state index contributed by atoms with van der Waals surface area (Å²) in [6.07, 6.45) is 0.588. The summed E-state index contributed by atoms with van der Waals surface area (Å²) < 4.78 is 10.6. The zero-order chi connectivity index (χ0) is 22.4. The Morgan fingerprint density at radius 3 is 2.55 bits per heavy atom. The first-order valence-corrected chi connectivity index (χ1v) is 10.6. The lowest BCUT2D eigenvalue weighted by Gasteiger charge is -2.12. The Morgan fingerprint density at radius 2 is 1.97 bits per heavy atom. The van der Waals surface area contributed by atoms with E-state index in [0.717, 1.165) is 21.8 Å². The van der Waals surface area contributed by atoms with Crippen LogP contribution in [0, 0.1) is 17.0 Å². The van der Waals surface area contributed by atoms with E-state index in [4.69, 9.17) is 9.47 Å². The number of nitrogens with one attached hydrogen (secondary N) is 1. The number of nitrogens with zero attached hydrogens (tertiary/aromatic N) is 2. The summed E-state index contributed by atoms with van der Waals surface area (Å²) in [5, 5.41) is 17.2. The number of thiazole rings is 1. The molecular weight excluding hydrogens is 418 g/mol. The topological polar surface area (TPSA) is 104 Å². The van der Waals surface area contributed by atoms with Crippen molar-refractivity contribution in [1.29, 1.82) is 0 Å². The van der Waals surface area contributed by atoms with Crippen molar-refractivity contribution in [3.63, 3.8) is 0 Å². The molecule has 0 fully saturated rings. The van der Waals surface area contributed by atoms with E-state index in [1.807, 2.05) is 36.6 Å². The Hall–Kier alpha value is -3.46. The number of carbonyl (C=O) groups excluding carboxylic acids is 1. The van der Waals surface area contributed by atoms with Gasteiger partial charge in [0.2, 0.25) is 0 Å². The molecule has 9 heteroatoms. The van der Waals surface area contributed by atoms with Gasteiger partial charge >= 0.3 is 0 Å². The van der Waals surface area contributed by atoms with Crippen LogP contribution in [0.3, 0.4) is 0 Å². The van der Waals surface area contributed by atoms with Crippen molar-refractivity contribution in [3.05, 3.63) is 68.0 Å². The Morgan fingerprint density at radius 1 is 1.23 bits per heavy atom. The van der Waals surface area contributed by atoms with Gasteiger partial charge in [-0.3, -0.25) is 14.9 Å². The number of aryl methyl sites for hydroxylation is 1. The van der Waals surface area contributed by atoms with Crippen LogP contribution in [0.4, 0.5) is 5.69 Å². The minimum atomic E-state index is -0.605. The first kappa shape index (κ1) is 22.2. The van der Waals surface area contributed by atoms with Crippen LogP contribution in [0.15, 0.2) is 41.8 Å². The summed E-state index contributed by atoms with van der Waals surface area (Å²) in [4.78, 5) is 27.9. The summed E-state index contributed by atoms with van der Waals surface area (Å²) in [5.41, 5.74) is 2.62. The Kier molecular flexibility index (Phi) is 7.19. The van der Waals surface area contributed by atoms with Crippen LogP contribution in [0.1, 0.15) is 27.9 Å². The molecule has 0 atom stereocenters. The van der Waals surface area contributed by atoms with Gasteiger partial charge in [-0.25, -0.2) is 4.98 Å². The summed E-state index contributed by atoms with van der Waals surface area (Å²) in [6, 6.07) is 10.5. The maximum absolute atomic E-state index is 12.6. The molecule has 1 amide bonds. The molecule has 1 heterocycles. The highest BCUT2D eigenvalue weighted by molar-refractivity contribution is 7.09. The van der Waals surface area contributed by atoms with E-state index in [2.05, 4.69) is 10.3 Å². The van der Waals surface area contributed by atoms with Gasteiger partial charge in [0.05, 0.1) is 35.4 Å². The maximum atomic E-state index is 12.6. The fourth-order valence-corrected chi connectivity index (χ4v) is 3.69. The van der Waals surface area contributed by atoms with Crippen LogP contribution in [-0.4, -0.2) is 36.1 Å². The van der Waals surface area contributed by atoms with Crippen LogP contribution in [0.5, 0.6) is 11.5 Å². The monoisotopic (exact) mass is 441 g/mol. The molecule has 3 aromatic rings. The van der Waals surface area contributed by atoms with Gasteiger partial charge in [-0.1, -0.05) is 24.3 Å². The van der Waals surface area contributed by atoms with Crippen LogP contribution in [0.25, 0.3) is 11.3 Å². The number of hydrogen-bond acceptors (Lipinski definition) is 7. The molecule has 0 saturated heterocycles. The Balaban J connectivity index is 1.67. The van der Waals surface area contributed by atoms with Crippen molar-refractivity contribution in [2.24, 2.45) is 0 Å². The SMILES string of the molecule is CCOc1cc(C(=O)NCCc2ccc(-c3csc(C)n3)cc2)c([N+](=O)[O-])cc1OC. The van der Waals surface area contributed by atoms with Crippen molar-refractivity contribution in [1.82, 2.24) is 10.3 Å². The van der Waals surface area contributed by atoms with E-state index in [1.54, 1.807) is 18.3 Å². The largest absolute Gasteiger partial charge is 0.493 e. The number of ether oxygens (including phenoxy) is 2. The predicted octanol–water partition coefficient (Wildman–Crippen LogP) is 4.41. The molecule has 0 aliphatic rings. The van der Waals surface area contributed by atoms with Gasteiger partial charge in [-0.2, -0.15) is 0 Å². The van der Waals surface area contributed by atoms with E-state index in [-0.39, 0.29) is 22.7 Å². The van der Waals surface area contributed by atoms with Crippen molar-refractivity contribution >= 4 is 22.9 Å². The van der Waals surface area contributed by atoms with Gasteiger partial charge in [0.1, 0.15) is 5.56 Å². The molecule has 1 aromatic heterocycles. The van der Waals surface area contributed by atoms with Crippen molar-refractivity contribution in [2.75, 3.05) is 20.3 Å². The number of rotatable bonds is 9. The molecule has 0 saturated carbocycles. The van der Waals surface area contributed by atoms with Crippen LogP contribution in [0.2, 0.25) is 0 Å². The minimum absolute atomic E-state index is 0.0662. The molecule has 1 N–H and O–H groups in total. The van der Waals surface area contributed by atoms with Gasteiger partial charge in [0.25, 0.3) is 11.6 Å². The number of aromatic nitrogens is 1. The zero-order valence-corrected chi connectivity index (χ0v) is 18.3. The summed E-state index contributed by atoms with van der Waals surface area (Å²) in [5.74, 6) is -0.0426. The van der Waals surface area contributed by atoms with E-state index < -0.39 is 10.8 Å². The third-order valence-electron chi connectivity index (χ3n) is 4.59. The Labute approximate surface area is 184 Å². The third-order valence-corrected chi connectivity index (χ3v) is 5.36. The molecule has 8 nitrogen and oxygen atoms in total. The van der Waals surface area contributed by atoms with E-state index >= 15 is 0 Å². The summed E-state index contributed by atoms with van der Waals surface area (Å²) in [6.45, 7) is 4.42. The molecule has 31 heavy (non-hydrogen) atoms. The number of benzene rings is 2. The fraction of sp³-hybridized carbons (Fsp3) is 0.273. The lowest BCUT2D eigenvalue weighted by atomic mass is 10.1. The van der Waals surface area contributed by atoms with Crippen molar-refractivity contribution < 1.29 is 19.2 Å². The smallest absolute Gasteiger partial charge is 0.286 e. The number of carbonyl (C=O) groups is 1. The molecule has 0 aliphatic heterocycles. The standard InChI is InChI=1S/C22H23N3O5S/c1-4-30-21-11-17(19(25(27)28)12-20(21)29-3)22(26)23-10-9-15-5-7-16(8-6-15)18-13-31-14(2)24-18/h5-8,11-13H,4,9-10H2,1-3H3,(H,23,26). The minimum Gasteiger partial charge on any atom is -0.493 e. The Bertz CT molecular complexity index is 1080. The second-order valence-corrected chi connectivity index (χ2v) is 7.73. The molecule has 0 radical (unpaired) electrons. The molecule has 0 spiro atoms. The summed E-state index contributed by atoms with van der Waals surface area (Å²) >= 11 is 1.60. The molecule has 2 aromatic carbocycles. The second kappa shape index (κ2) is 10.0. The number of hydrogen-bond donors (Lipinski definition) is 1. The van der Waals surface area contributed by atoms with E-state index in [0.29, 0.717) is 19.6 Å². The molecule has 3 rings (SSSR count). The average molecular weight is 442 g/mol. The van der Waals surface area contributed by atoms with Gasteiger partial charge < -0.3 is 14.8 Å². The first-order valence-electron chi connectivity index (χ1n) is 9.71. The lowest BCUT2D eigenvalue weighted by molar-refractivity contribution is -0.385. The highest BCUT2D eigenvalue weighted by Crippen LogP contribution is 2.34. The third kappa shape index (κ3) is 5.37. The average Bonchev–Trinajstić information content (AvgIpc) is 3.20. The maximum Gasteiger partial charge on any atom is 0.286 e. The molecule has 0 bridgehead atoms. The first-order chi connectivity index (χ1) is 14.9. The van der Waals surface area contributed by atoms with E-state index in [9.17, 15) is 14.9 Å². The molecular formula is C22H23N3O5S. The van der Waals surface area contributed by atoms with E-state index in [1.165, 1.54) is 19.2 Å². The highest BCUT2D eigenvalue weighted by atomic mass is 32.1. The molecule has 0 aliphatic carbocycles. The van der Waals surface area contributed by atoms with Gasteiger partial charge in [0, 0.05) is 23.6 Å². The molecule has 0 unspecified atom stereocenters. The number of nitro groups is 1. The second-order valence-electron chi connectivity index (χ2n) is 6.66. The number of methoxy groups -OCH3 is 1. The number of nitro benzene ring substituents is 1. The highest BCUT2D eigenvalue weighted by Gasteiger charge is 2.24. The van der Waals surface area contributed by atoms with Gasteiger partial charge in [-0.15, -0.1) is 11.3 Å². The van der Waals surface area contributed by atoms with Crippen molar-refractivity contribution in [3.8, 4) is 22.8 Å². The quantitative estimate of drug-likeness (QED) is 0.390. The van der Waals surface area contributed by atoms with Crippen molar-refractivity contribution in [2.45, 2.75) is 20.3 Å². The normalized spacial score (nSPS) is 10.5.